The molecule has 2 aromatic carbocycles. The van der Waals surface area contributed by atoms with E-state index in [-0.39, 0.29) is 51.0 Å². The maximum absolute atomic E-state index is 16.7. The number of aliphatic hydroxyl groups is 1. The SMILES string of the molecule is Cc1sc2c(F)ccc(-c3c(Cl)cc4c(N5CCC[C@]6(CCO6)C5)nc(OCC5(CO)CC5)nc4c3F)c2c1C#N. The van der Waals surface area contributed by atoms with E-state index in [4.69, 9.17) is 26.1 Å². The Hall–Kier alpha value is -3.10. The monoisotopic (exact) mass is 596 g/mol. The number of aliphatic hydroxyl groups excluding tert-OH is 1. The summed E-state index contributed by atoms with van der Waals surface area (Å²) in [5.74, 6) is -0.670. The first-order valence-electron chi connectivity index (χ1n) is 13.7. The van der Waals surface area contributed by atoms with Crippen LogP contribution in [0, 0.1) is 35.3 Å². The highest BCUT2D eigenvalue weighted by molar-refractivity contribution is 7.19. The number of hydrogen-bond donors (Lipinski definition) is 1. The summed E-state index contributed by atoms with van der Waals surface area (Å²) in [6, 6.07) is 6.54. The van der Waals surface area contributed by atoms with Gasteiger partial charge in [-0.25, -0.2) is 8.78 Å². The topological polar surface area (TPSA) is 91.5 Å². The number of ether oxygens (including phenoxy) is 2. The van der Waals surface area contributed by atoms with Gasteiger partial charge in [-0.2, -0.15) is 15.2 Å². The maximum atomic E-state index is 16.7. The number of hydrogen-bond acceptors (Lipinski definition) is 8. The van der Waals surface area contributed by atoms with Gasteiger partial charge in [-0.3, -0.25) is 0 Å². The normalized spacial score (nSPS) is 21.3. The highest BCUT2D eigenvalue weighted by Gasteiger charge is 2.44. The van der Waals surface area contributed by atoms with Crippen molar-refractivity contribution in [2.24, 2.45) is 5.41 Å². The van der Waals surface area contributed by atoms with Crippen molar-refractivity contribution >= 4 is 49.7 Å². The molecule has 2 aromatic heterocycles. The van der Waals surface area contributed by atoms with Crippen LogP contribution in [0.4, 0.5) is 14.6 Å². The second-order valence-corrected chi connectivity index (χ2v) is 13.1. The number of thiophene rings is 1. The van der Waals surface area contributed by atoms with Crippen molar-refractivity contribution in [1.29, 1.82) is 5.26 Å². The van der Waals surface area contributed by atoms with Crippen LogP contribution in [0.2, 0.25) is 5.02 Å². The molecule has 2 saturated heterocycles. The van der Waals surface area contributed by atoms with E-state index in [9.17, 15) is 14.8 Å². The predicted molar refractivity (Wildman–Crippen MR) is 154 cm³/mol. The molecule has 4 heterocycles. The summed E-state index contributed by atoms with van der Waals surface area (Å²) in [6.45, 7) is 4.00. The molecule has 0 radical (unpaired) electrons. The average molecular weight is 597 g/mol. The molecule has 11 heteroatoms. The van der Waals surface area contributed by atoms with Gasteiger partial charge in [0.2, 0.25) is 0 Å². The van der Waals surface area contributed by atoms with Crippen LogP contribution in [0.25, 0.3) is 32.1 Å². The Morgan fingerprint density at radius 3 is 2.73 bits per heavy atom. The molecule has 4 aromatic rings. The second kappa shape index (κ2) is 9.73. The van der Waals surface area contributed by atoms with Gasteiger partial charge in [-0.15, -0.1) is 11.3 Å². The van der Waals surface area contributed by atoms with Gasteiger partial charge >= 0.3 is 6.01 Å². The highest BCUT2D eigenvalue weighted by atomic mass is 35.5. The second-order valence-electron chi connectivity index (χ2n) is 11.5. The Kier molecular flexibility index (Phi) is 6.36. The lowest BCUT2D eigenvalue weighted by Crippen LogP contribution is -2.56. The molecule has 7 nitrogen and oxygen atoms in total. The number of benzene rings is 2. The van der Waals surface area contributed by atoms with Crippen LogP contribution >= 0.6 is 22.9 Å². The molecular weight excluding hydrogens is 570 g/mol. The molecule has 41 heavy (non-hydrogen) atoms. The molecule has 3 aliphatic rings. The van der Waals surface area contributed by atoms with Crippen LogP contribution in [0.1, 0.15) is 42.5 Å². The quantitative estimate of drug-likeness (QED) is 0.270. The van der Waals surface area contributed by atoms with Crippen LogP contribution < -0.4 is 9.64 Å². The van der Waals surface area contributed by atoms with Crippen molar-refractivity contribution in [2.45, 2.75) is 44.6 Å². The molecule has 0 bridgehead atoms. The lowest BCUT2D eigenvalue weighted by atomic mass is 9.86. The Morgan fingerprint density at radius 1 is 1.24 bits per heavy atom. The van der Waals surface area contributed by atoms with E-state index in [1.54, 1.807) is 13.0 Å². The summed E-state index contributed by atoms with van der Waals surface area (Å²) in [5.41, 5.74) is 0.127. The number of nitriles is 1. The van der Waals surface area contributed by atoms with Gasteiger partial charge in [0.25, 0.3) is 0 Å². The summed E-state index contributed by atoms with van der Waals surface area (Å²) in [5, 5.41) is 20.5. The fourth-order valence-electron chi connectivity index (χ4n) is 6.07. The molecule has 0 unspecified atom stereocenters. The van der Waals surface area contributed by atoms with Crippen LogP contribution in [0.5, 0.6) is 6.01 Å². The molecule has 1 aliphatic carbocycles. The van der Waals surface area contributed by atoms with E-state index in [1.165, 1.54) is 12.1 Å². The van der Waals surface area contributed by atoms with Crippen molar-refractivity contribution in [3.8, 4) is 23.2 Å². The number of aromatic nitrogens is 2. The van der Waals surface area contributed by atoms with E-state index >= 15 is 4.39 Å². The van der Waals surface area contributed by atoms with E-state index in [0.717, 1.165) is 50.0 Å². The van der Waals surface area contributed by atoms with Crippen molar-refractivity contribution in [3.05, 3.63) is 45.3 Å². The maximum Gasteiger partial charge on any atom is 0.319 e. The summed E-state index contributed by atoms with van der Waals surface area (Å²) >= 11 is 7.96. The Labute approximate surface area is 244 Å². The van der Waals surface area contributed by atoms with Crippen LogP contribution in [0.15, 0.2) is 18.2 Å². The van der Waals surface area contributed by atoms with Crippen molar-refractivity contribution < 1.29 is 23.4 Å². The van der Waals surface area contributed by atoms with Gasteiger partial charge < -0.3 is 19.5 Å². The lowest BCUT2D eigenvalue weighted by molar-refractivity contribution is -0.151. The number of fused-ring (bicyclic) bond motifs is 2. The largest absolute Gasteiger partial charge is 0.463 e. The standard InChI is InChI=1S/C30H27ClF2N4O3S/c1-16-19(12-34)22-17(3-4-21(32)26(22)41-16)23-20(31)11-18-25(24(23)33)35-28(39-15-29(14-38)6-7-29)36-27(18)37-9-2-5-30(13-37)8-10-40-30/h3-4,11,38H,2,5-10,13-15H2,1H3/t30-/m0/s1. The van der Waals surface area contributed by atoms with Crippen molar-refractivity contribution in [1.82, 2.24) is 9.97 Å². The molecule has 2 aliphatic heterocycles. The summed E-state index contributed by atoms with van der Waals surface area (Å²) in [7, 11) is 0. The third kappa shape index (κ3) is 4.33. The first-order chi connectivity index (χ1) is 19.8. The van der Waals surface area contributed by atoms with Crippen LogP contribution in [-0.2, 0) is 4.74 Å². The summed E-state index contributed by atoms with van der Waals surface area (Å²) in [4.78, 5) is 11.9. The first-order valence-corrected chi connectivity index (χ1v) is 14.9. The number of aryl methyl sites for hydroxylation is 1. The zero-order valence-corrected chi connectivity index (χ0v) is 24.0. The summed E-state index contributed by atoms with van der Waals surface area (Å²) < 4.78 is 43.7. The smallest absolute Gasteiger partial charge is 0.319 e. The molecule has 212 valence electrons. The number of halogens is 3. The van der Waals surface area contributed by atoms with Crippen molar-refractivity contribution in [3.63, 3.8) is 0 Å². The van der Waals surface area contributed by atoms with Crippen LogP contribution in [0.3, 0.4) is 0 Å². The van der Waals surface area contributed by atoms with E-state index in [2.05, 4.69) is 16.0 Å². The third-order valence-electron chi connectivity index (χ3n) is 8.80. The van der Waals surface area contributed by atoms with Gasteiger partial charge in [-0.05, 0) is 50.3 Å². The number of rotatable bonds is 6. The number of nitrogens with zero attached hydrogens (tertiary/aromatic N) is 4. The molecule has 3 fully saturated rings. The van der Waals surface area contributed by atoms with Crippen molar-refractivity contribution in [2.75, 3.05) is 37.8 Å². The minimum absolute atomic E-state index is 0.00457. The predicted octanol–water partition coefficient (Wildman–Crippen LogP) is 6.53. The molecular formula is C30H27ClF2N4O3S. The van der Waals surface area contributed by atoms with Gasteiger partial charge in [0, 0.05) is 46.1 Å². The Bertz CT molecular complexity index is 1760. The van der Waals surface area contributed by atoms with Gasteiger partial charge in [0.05, 0.1) is 40.7 Å². The fourth-order valence-corrected chi connectivity index (χ4v) is 7.40. The lowest BCUT2D eigenvalue weighted by Gasteiger charge is -2.48. The van der Waals surface area contributed by atoms with Crippen LogP contribution in [-0.4, -0.2) is 53.6 Å². The molecule has 1 saturated carbocycles. The molecule has 7 rings (SSSR count). The highest BCUT2D eigenvalue weighted by Crippen LogP contribution is 2.47. The first kappa shape index (κ1) is 26.8. The zero-order chi connectivity index (χ0) is 28.5. The van der Waals surface area contributed by atoms with E-state index in [0.29, 0.717) is 45.7 Å². The Morgan fingerprint density at radius 2 is 2.05 bits per heavy atom. The van der Waals surface area contributed by atoms with Gasteiger partial charge in [0.1, 0.15) is 23.2 Å². The fraction of sp³-hybridized carbons (Fsp3) is 0.433. The summed E-state index contributed by atoms with van der Waals surface area (Å²) in [6.07, 6.45) is 4.48. The minimum atomic E-state index is -0.698. The molecule has 1 spiro atoms. The molecule has 1 N–H and O–H groups in total. The van der Waals surface area contributed by atoms with E-state index < -0.39 is 11.6 Å². The van der Waals surface area contributed by atoms with E-state index in [1.807, 2.05) is 0 Å². The van der Waals surface area contributed by atoms with Gasteiger partial charge in [0.15, 0.2) is 5.82 Å². The number of anilines is 1. The zero-order valence-electron chi connectivity index (χ0n) is 22.4. The van der Waals surface area contributed by atoms with Gasteiger partial charge in [-0.1, -0.05) is 17.7 Å². The number of piperidine rings is 1. The Balaban J connectivity index is 1.42. The molecule has 1 atom stereocenters. The average Bonchev–Trinajstić information content (AvgIpc) is 3.66. The minimum Gasteiger partial charge on any atom is -0.463 e. The third-order valence-corrected chi connectivity index (χ3v) is 10.2. The molecule has 0 amide bonds.